The average molecular weight is 362 g/mol. The first-order valence-corrected chi connectivity index (χ1v) is 7.71. The molecule has 0 fully saturated rings. The van der Waals surface area contributed by atoms with Gasteiger partial charge in [-0.25, -0.2) is 0 Å². The summed E-state index contributed by atoms with van der Waals surface area (Å²) >= 11 is 2.41. The van der Waals surface area contributed by atoms with Gasteiger partial charge < -0.3 is 5.11 Å². The Bertz CT molecular complexity index is 636. The molecule has 1 unspecified atom stereocenters. The van der Waals surface area contributed by atoms with E-state index in [1.165, 1.54) is 16.7 Å². The number of fused-ring (bicyclic) bond motifs is 3. The second kappa shape index (κ2) is 5.00. The van der Waals surface area contributed by atoms with E-state index in [1.807, 2.05) is 12.2 Å². The Morgan fingerprint density at radius 3 is 2.63 bits per heavy atom. The average Bonchev–Trinajstić information content (AvgIpc) is 2.80. The SMILES string of the molecule is CCC1=CC2=CC=C3C=C(O)C=C(C=CC2=C1)C3I. The minimum Gasteiger partial charge on any atom is -0.508 e. The minimum atomic E-state index is 0.302. The summed E-state index contributed by atoms with van der Waals surface area (Å²) in [5.74, 6) is 0.336. The number of rotatable bonds is 1. The highest BCUT2D eigenvalue weighted by molar-refractivity contribution is 14.1. The number of alkyl halides is 1. The van der Waals surface area contributed by atoms with Crippen LogP contribution < -0.4 is 0 Å². The molecule has 3 rings (SSSR count). The van der Waals surface area contributed by atoms with E-state index < -0.39 is 0 Å². The van der Waals surface area contributed by atoms with Crippen molar-refractivity contribution in [2.75, 3.05) is 0 Å². The van der Waals surface area contributed by atoms with Gasteiger partial charge >= 0.3 is 0 Å². The van der Waals surface area contributed by atoms with Gasteiger partial charge in [0, 0.05) is 0 Å². The Labute approximate surface area is 127 Å². The Morgan fingerprint density at radius 2 is 1.84 bits per heavy atom. The van der Waals surface area contributed by atoms with E-state index in [2.05, 4.69) is 66.0 Å². The molecule has 0 saturated heterocycles. The zero-order chi connectivity index (χ0) is 13.4. The summed E-state index contributed by atoms with van der Waals surface area (Å²) in [6.45, 7) is 2.18. The predicted octanol–water partition coefficient (Wildman–Crippen LogP) is 4.87. The molecule has 1 atom stereocenters. The van der Waals surface area contributed by atoms with Crippen molar-refractivity contribution in [2.45, 2.75) is 17.3 Å². The molecule has 0 heterocycles. The van der Waals surface area contributed by atoms with Gasteiger partial charge in [-0.3, -0.25) is 0 Å². The maximum atomic E-state index is 9.78. The van der Waals surface area contributed by atoms with E-state index in [4.69, 9.17) is 0 Å². The van der Waals surface area contributed by atoms with Crippen molar-refractivity contribution >= 4 is 22.6 Å². The van der Waals surface area contributed by atoms with Gasteiger partial charge in [-0.15, -0.1) is 0 Å². The van der Waals surface area contributed by atoms with Crippen LogP contribution in [0.5, 0.6) is 0 Å². The normalized spacial score (nSPS) is 24.8. The molecule has 0 spiro atoms. The third kappa shape index (κ3) is 2.41. The lowest BCUT2D eigenvalue weighted by atomic mass is 9.98. The first-order chi connectivity index (χ1) is 9.17. The third-order valence-electron chi connectivity index (χ3n) is 3.55. The summed E-state index contributed by atoms with van der Waals surface area (Å²) < 4.78 is 0.302. The van der Waals surface area contributed by atoms with Crippen LogP contribution in [0, 0.1) is 0 Å². The van der Waals surface area contributed by atoms with Gasteiger partial charge in [-0.05, 0) is 46.4 Å². The standard InChI is InChI=1S/C17H15IO/c1-2-11-7-12-3-5-14-9-16(19)10-15(17(14)18)6-4-13(12)8-11/h3-10,17,19H,2H2,1H3. The molecule has 1 N–H and O–H groups in total. The van der Waals surface area contributed by atoms with Crippen molar-refractivity contribution in [1.82, 2.24) is 0 Å². The van der Waals surface area contributed by atoms with Gasteiger partial charge in [-0.2, -0.15) is 0 Å². The fraction of sp³-hybridized carbons (Fsp3) is 0.176. The maximum absolute atomic E-state index is 9.78. The van der Waals surface area contributed by atoms with E-state index in [0.717, 1.165) is 17.6 Å². The van der Waals surface area contributed by atoms with Crippen LogP contribution in [0.15, 0.2) is 82.2 Å². The third-order valence-corrected chi connectivity index (χ3v) is 4.99. The number of hydrogen-bond donors (Lipinski definition) is 1. The largest absolute Gasteiger partial charge is 0.508 e. The van der Waals surface area contributed by atoms with Gasteiger partial charge in [0.1, 0.15) is 5.76 Å². The van der Waals surface area contributed by atoms with Crippen LogP contribution in [0.3, 0.4) is 0 Å². The summed E-state index contributed by atoms with van der Waals surface area (Å²) in [5, 5.41) is 9.78. The molecular weight excluding hydrogens is 347 g/mol. The quantitative estimate of drug-likeness (QED) is 0.521. The predicted molar refractivity (Wildman–Crippen MR) is 88.4 cm³/mol. The number of hydrogen-bond acceptors (Lipinski definition) is 1. The summed E-state index contributed by atoms with van der Waals surface area (Å²) in [6.07, 6.45) is 17.8. The van der Waals surface area contributed by atoms with Crippen molar-refractivity contribution in [3.05, 3.63) is 82.2 Å². The van der Waals surface area contributed by atoms with Crippen molar-refractivity contribution in [3.8, 4) is 0 Å². The molecule has 0 amide bonds. The molecule has 2 heteroatoms. The Kier molecular flexibility index (Phi) is 3.35. The van der Waals surface area contributed by atoms with Crippen LogP contribution in [-0.4, -0.2) is 9.03 Å². The summed E-state index contributed by atoms with van der Waals surface area (Å²) in [4.78, 5) is 0. The molecule has 96 valence electrons. The van der Waals surface area contributed by atoms with Crippen LogP contribution in [0.1, 0.15) is 13.3 Å². The molecule has 0 aromatic carbocycles. The molecule has 19 heavy (non-hydrogen) atoms. The zero-order valence-electron chi connectivity index (χ0n) is 10.7. The van der Waals surface area contributed by atoms with Crippen LogP contribution in [0.4, 0.5) is 0 Å². The second-order valence-electron chi connectivity index (χ2n) is 4.87. The lowest BCUT2D eigenvalue weighted by molar-refractivity contribution is 0.430. The van der Waals surface area contributed by atoms with Crippen molar-refractivity contribution in [3.63, 3.8) is 0 Å². The number of halogens is 1. The molecule has 0 aliphatic heterocycles. The van der Waals surface area contributed by atoms with Crippen molar-refractivity contribution < 1.29 is 5.11 Å². The van der Waals surface area contributed by atoms with Crippen LogP contribution in [0.2, 0.25) is 0 Å². The van der Waals surface area contributed by atoms with Gasteiger partial charge in [0.25, 0.3) is 0 Å². The van der Waals surface area contributed by atoms with Gasteiger partial charge in [-0.1, -0.05) is 66.0 Å². The monoisotopic (exact) mass is 362 g/mol. The van der Waals surface area contributed by atoms with Crippen LogP contribution in [-0.2, 0) is 0 Å². The lowest BCUT2D eigenvalue weighted by Crippen LogP contribution is -2.08. The molecule has 3 aliphatic carbocycles. The van der Waals surface area contributed by atoms with E-state index in [9.17, 15) is 5.11 Å². The lowest BCUT2D eigenvalue weighted by Gasteiger charge is -2.17. The van der Waals surface area contributed by atoms with Gasteiger partial charge in [0.2, 0.25) is 0 Å². The van der Waals surface area contributed by atoms with E-state index in [-0.39, 0.29) is 0 Å². The Hall–Kier alpha value is -1.29. The summed E-state index contributed by atoms with van der Waals surface area (Å²) in [5.41, 5.74) is 6.17. The van der Waals surface area contributed by atoms with Crippen molar-refractivity contribution in [2.24, 2.45) is 0 Å². The first kappa shape index (κ1) is 12.7. The molecular formula is C17H15IO. The number of allylic oxidation sites excluding steroid dienone is 13. The van der Waals surface area contributed by atoms with Gasteiger partial charge in [0.15, 0.2) is 0 Å². The second-order valence-corrected chi connectivity index (χ2v) is 6.12. The number of aliphatic hydroxyl groups excluding tert-OH is 1. The van der Waals surface area contributed by atoms with Crippen molar-refractivity contribution in [1.29, 1.82) is 0 Å². The summed E-state index contributed by atoms with van der Waals surface area (Å²) in [7, 11) is 0. The van der Waals surface area contributed by atoms with E-state index in [0.29, 0.717) is 9.68 Å². The summed E-state index contributed by atoms with van der Waals surface area (Å²) in [6, 6.07) is 0. The Morgan fingerprint density at radius 1 is 1.00 bits per heavy atom. The smallest absolute Gasteiger partial charge is 0.116 e. The molecule has 0 aromatic heterocycles. The Balaban J connectivity index is 2.12. The van der Waals surface area contributed by atoms with E-state index >= 15 is 0 Å². The molecule has 0 aromatic rings. The zero-order valence-corrected chi connectivity index (χ0v) is 12.9. The van der Waals surface area contributed by atoms with E-state index in [1.54, 1.807) is 0 Å². The first-order valence-electron chi connectivity index (χ1n) is 6.46. The molecule has 0 radical (unpaired) electrons. The highest BCUT2D eigenvalue weighted by Crippen LogP contribution is 2.34. The highest BCUT2D eigenvalue weighted by Gasteiger charge is 2.19. The topological polar surface area (TPSA) is 20.2 Å². The molecule has 2 bridgehead atoms. The van der Waals surface area contributed by atoms with Crippen LogP contribution in [0.25, 0.3) is 0 Å². The minimum absolute atomic E-state index is 0.302. The number of aliphatic hydroxyl groups is 1. The highest BCUT2D eigenvalue weighted by atomic mass is 127. The molecule has 3 aliphatic rings. The molecule has 1 nitrogen and oxygen atoms in total. The fourth-order valence-corrected chi connectivity index (χ4v) is 3.23. The van der Waals surface area contributed by atoms with Crippen LogP contribution >= 0.6 is 22.6 Å². The fourth-order valence-electron chi connectivity index (χ4n) is 2.46. The maximum Gasteiger partial charge on any atom is 0.116 e. The molecule has 0 saturated carbocycles. The van der Waals surface area contributed by atoms with Gasteiger partial charge in [0.05, 0.1) is 3.92 Å².